The third kappa shape index (κ3) is 3.14. The van der Waals surface area contributed by atoms with Crippen molar-refractivity contribution in [2.45, 2.75) is 32.7 Å². The molecule has 0 saturated heterocycles. The molecule has 1 unspecified atom stereocenters. The molecular formula is C23H25N5O2. The van der Waals surface area contributed by atoms with E-state index in [0.29, 0.717) is 23.9 Å². The zero-order valence-electron chi connectivity index (χ0n) is 17.2. The van der Waals surface area contributed by atoms with Crippen LogP contribution in [0.5, 0.6) is 0 Å². The molecule has 0 fully saturated rings. The van der Waals surface area contributed by atoms with E-state index in [4.69, 9.17) is 9.40 Å². The Kier molecular flexibility index (Phi) is 4.73. The first-order valence-electron chi connectivity index (χ1n) is 10.5. The van der Waals surface area contributed by atoms with Crippen LogP contribution in [0.1, 0.15) is 43.6 Å². The van der Waals surface area contributed by atoms with Gasteiger partial charge in [-0.3, -0.25) is 9.79 Å². The number of carbonyl (C=O) groups excluding carboxylic acids is 1. The maximum atomic E-state index is 13.8. The van der Waals surface area contributed by atoms with Gasteiger partial charge in [-0.1, -0.05) is 26.0 Å². The summed E-state index contributed by atoms with van der Waals surface area (Å²) < 4.78 is 6.10. The highest BCUT2D eigenvalue weighted by Gasteiger charge is 2.40. The summed E-state index contributed by atoms with van der Waals surface area (Å²) in [6.45, 7) is 5.65. The SMILES string of the molecule is CC(C)C1CCN=CC=C1C(=O)N1CCc2[nH]cnc2[C@H]1c1nc2ccccc2o1. The van der Waals surface area contributed by atoms with Gasteiger partial charge in [0.1, 0.15) is 5.52 Å². The summed E-state index contributed by atoms with van der Waals surface area (Å²) >= 11 is 0. The van der Waals surface area contributed by atoms with Crippen LogP contribution in [0.2, 0.25) is 0 Å². The lowest BCUT2D eigenvalue weighted by atomic mass is 9.84. The second kappa shape index (κ2) is 7.55. The van der Waals surface area contributed by atoms with Gasteiger partial charge < -0.3 is 14.3 Å². The van der Waals surface area contributed by atoms with Gasteiger partial charge >= 0.3 is 0 Å². The van der Waals surface area contributed by atoms with Crippen LogP contribution < -0.4 is 0 Å². The predicted molar refractivity (Wildman–Crippen MR) is 114 cm³/mol. The standard InChI is InChI=1S/C23H25N5O2/c1-14(2)15-7-10-24-11-8-16(15)23(29)28-12-9-18-20(26-13-25-18)21(28)22-27-17-5-3-4-6-19(17)30-22/h3-6,8,11,13-15,21H,7,9-10,12H2,1-2H3,(H,25,26)/t15?,21-/m0/s1. The van der Waals surface area contributed by atoms with Crippen LogP contribution in [0.3, 0.4) is 0 Å². The van der Waals surface area contributed by atoms with Crippen molar-refractivity contribution in [1.82, 2.24) is 19.9 Å². The molecule has 7 heteroatoms. The quantitative estimate of drug-likeness (QED) is 0.722. The summed E-state index contributed by atoms with van der Waals surface area (Å²) in [5.41, 5.74) is 4.14. The number of aromatic nitrogens is 3. The van der Waals surface area contributed by atoms with Gasteiger partial charge in [0.25, 0.3) is 5.91 Å². The number of H-pyrrole nitrogens is 1. The van der Waals surface area contributed by atoms with Crippen molar-refractivity contribution in [3.63, 3.8) is 0 Å². The number of fused-ring (bicyclic) bond motifs is 2. The number of benzene rings is 1. The average molecular weight is 403 g/mol. The zero-order chi connectivity index (χ0) is 20.7. The van der Waals surface area contributed by atoms with E-state index < -0.39 is 6.04 Å². The van der Waals surface area contributed by atoms with E-state index in [9.17, 15) is 4.79 Å². The molecule has 5 rings (SSSR count). The van der Waals surface area contributed by atoms with E-state index in [2.05, 4.69) is 28.8 Å². The Balaban J connectivity index is 1.58. The third-order valence-electron chi connectivity index (χ3n) is 6.11. The number of nitrogens with one attached hydrogen (secondary N) is 1. The van der Waals surface area contributed by atoms with E-state index in [1.54, 1.807) is 12.5 Å². The Morgan fingerprint density at radius 3 is 3.00 bits per heavy atom. The fourth-order valence-corrected chi connectivity index (χ4v) is 4.54. The van der Waals surface area contributed by atoms with Crippen molar-refractivity contribution < 1.29 is 9.21 Å². The molecule has 2 atom stereocenters. The van der Waals surface area contributed by atoms with Crippen LogP contribution in [0.15, 0.2) is 51.7 Å². The average Bonchev–Trinajstić information content (AvgIpc) is 3.32. The van der Waals surface area contributed by atoms with E-state index in [1.807, 2.05) is 35.2 Å². The van der Waals surface area contributed by atoms with Crippen molar-refractivity contribution in [3.05, 3.63) is 59.5 Å². The number of carbonyl (C=O) groups is 1. The number of rotatable bonds is 3. The fraction of sp³-hybridized carbons (Fsp3) is 0.391. The number of amides is 1. The minimum atomic E-state index is -0.450. The second-order valence-electron chi connectivity index (χ2n) is 8.25. The van der Waals surface area contributed by atoms with Crippen LogP contribution >= 0.6 is 0 Å². The van der Waals surface area contributed by atoms with Crippen LogP contribution in [0.4, 0.5) is 0 Å². The molecule has 154 valence electrons. The minimum Gasteiger partial charge on any atom is -0.438 e. The summed E-state index contributed by atoms with van der Waals surface area (Å²) in [6, 6.07) is 7.22. The first-order valence-corrected chi connectivity index (χ1v) is 10.5. The van der Waals surface area contributed by atoms with Crippen LogP contribution in [0, 0.1) is 11.8 Å². The summed E-state index contributed by atoms with van der Waals surface area (Å²) in [5.74, 6) is 1.05. The zero-order valence-corrected chi connectivity index (χ0v) is 17.2. The maximum absolute atomic E-state index is 13.8. The van der Waals surface area contributed by atoms with E-state index >= 15 is 0 Å². The summed E-state index contributed by atoms with van der Waals surface area (Å²) in [4.78, 5) is 32.6. The number of hydrogen-bond acceptors (Lipinski definition) is 5. The molecule has 4 heterocycles. The molecule has 0 spiro atoms. The van der Waals surface area contributed by atoms with Crippen molar-refractivity contribution in [2.75, 3.05) is 13.1 Å². The van der Waals surface area contributed by atoms with Crippen molar-refractivity contribution >= 4 is 23.2 Å². The highest BCUT2D eigenvalue weighted by molar-refractivity contribution is 5.98. The Morgan fingerprint density at radius 1 is 1.30 bits per heavy atom. The molecule has 1 N–H and O–H groups in total. The van der Waals surface area contributed by atoms with Crippen LogP contribution in [-0.4, -0.2) is 45.1 Å². The monoisotopic (exact) mass is 403 g/mol. The minimum absolute atomic E-state index is 0.0166. The van der Waals surface area contributed by atoms with Gasteiger partial charge in [0, 0.05) is 37.0 Å². The fourth-order valence-electron chi connectivity index (χ4n) is 4.54. The van der Waals surface area contributed by atoms with Gasteiger partial charge in [0.2, 0.25) is 5.89 Å². The summed E-state index contributed by atoms with van der Waals surface area (Å²) in [7, 11) is 0. The number of allylic oxidation sites excluding steroid dienone is 1. The van der Waals surface area contributed by atoms with E-state index in [0.717, 1.165) is 41.9 Å². The van der Waals surface area contributed by atoms with Gasteiger partial charge in [0.15, 0.2) is 11.6 Å². The van der Waals surface area contributed by atoms with Crippen molar-refractivity contribution in [2.24, 2.45) is 16.8 Å². The van der Waals surface area contributed by atoms with Crippen LogP contribution in [-0.2, 0) is 11.2 Å². The lowest BCUT2D eigenvalue weighted by molar-refractivity contribution is -0.130. The molecule has 0 radical (unpaired) electrons. The van der Waals surface area contributed by atoms with Crippen LogP contribution in [0.25, 0.3) is 11.1 Å². The van der Waals surface area contributed by atoms with E-state index in [-0.39, 0.29) is 11.8 Å². The largest absolute Gasteiger partial charge is 0.438 e. The predicted octanol–water partition coefficient (Wildman–Crippen LogP) is 3.70. The van der Waals surface area contributed by atoms with Gasteiger partial charge in [-0.2, -0.15) is 0 Å². The van der Waals surface area contributed by atoms with Gasteiger partial charge in [-0.15, -0.1) is 0 Å². The van der Waals surface area contributed by atoms with Gasteiger partial charge in [-0.25, -0.2) is 9.97 Å². The number of oxazole rings is 1. The Labute approximate surface area is 174 Å². The Hall–Kier alpha value is -3.22. The highest BCUT2D eigenvalue weighted by Crippen LogP contribution is 2.37. The van der Waals surface area contributed by atoms with Crippen molar-refractivity contribution in [3.8, 4) is 0 Å². The van der Waals surface area contributed by atoms with E-state index in [1.165, 1.54) is 0 Å². The lowest BCUT2D eigenvalue weighted by Crippen LogP contribution is -2.43. The number of aliphatic imine (C=N–C) groups is 1. The topological polar surface area (TPSA) is 87.4 Å². The number of imidazole rings is 1. The lowest BCUT2D eigenvalue weighted by Gasteiger charge is -2.35. The molecule has 2 aromatic heterocycles. The maximum Gasteiger partial charge on any atom is 0.251 e. The molecule has 0 saturated carbocycles. The number of nitrogens with zero attached hydrogens (tertiary/aromatic N) is 4. The summed E-state index contributed by atoms with van der Waals surface area (Å²) in [5, 5.41) is 0. The first-order chi connectivity index (χ1) is 14.6. The summed E-state index contributed by atoms with van der Waals surface area (Å²) in [6.07, 6.45) is 6.95. The molecule has 2 aliphatic heterocycles. The smallest absolute Gasteiger partial charge is 0.251 e. The molecule has 3 aromatic rings. The second-order valence-corrected chi connectivity index (χ2v) is 8.25. The normalized spacial score (nSPS) is 21.6. The molecule has 1 aromatic carbocycles. The Morgan fingerprint density at radius 2 is 2.17 bits per heavy atom. The molecular weight excluding hydrogens is 378 g/mol. The number of para-hydroxylation sites is 2. The molecule has 1 amide bonds. The highest BCUT2D eigenvalue weighted by atomic mass is 16.3. The molecule has 0 bridgehead atoms. The first kappa shape index (κ1) is 18.8. The molecule has 30 heavy (non-hydrogen) atoms. The molecule has 0 aliphatic carbocycles. The number of hydrogen-bond donors (Lipinski definition) is 1. The van der Waals surface area contributed by atoms with Gasteiger partial charge in [0.05, 0.1) is 12.0 Å². The molecule has 2 aliphatic rings. The number of aromatic amines is 1. The third-order valence-corrected chi connectivity index (χ3v) is 6.11. The van der Waals surface area contributed by atoms with Gasteiger partial charge in [-0.05, 0) is 36.5 Å². The van der Waals surface area contributed by atoms with Crippen molar-refractivity contribution in [1.29, 1.82) is 0 Å². The Bertz CT molecular complexity index is 1110. The molecule has 7 nitrogen and oxygen atoms in total.